The number of hydrogen-bond acceptors (Lipinski definition) is 7. The summed E-state index contributed by atoms with van der Waals surface area (Å²) in [5, 5.41) is 5.81. The molecule has 5 rings (SSSR count). The molecule has 9 nitrogen and oxygen atoms in total. The van der Waals surface area contributed by atoms with Gasteiger partial charge >= 0.3 is 0 Å². The summed E-state index contributed by atoms with van der Waals surface area (Å²) in [6.07, 6.45) is 3.59. The molecule has 38 heavy (non-hydrogen) atoms. The Morgan fingerprint density at radius 1 is 1.13 bits per heavy atom. The number of allylic oxidation sites excluding steroid dienone is 2. The van der Waals surface area contributed by atoms with Gasteiger partial charge in [-0.2, -0.15) is 4.98 Å². The van der Waals surface area contributed by atoms with Crippen molar-refractivity contribution in [1.82, 2.24) is 14.9 Å². The van der Waals surface area contributed by atoms with Gasteiger partial charge in [-0.05, 0) is 56.4 Å². The van der Waals surface area contributed by atoms with Gasteiger partial charge in [-0.3, -0.25) is 19.5 Å². The van der Waals surface area contributed by atoms with Gasteiger partial charge in [0, 0.05) is 55.4 Å². The number of H-pyrrole nitrogens is 1. The van der Waals surface area contributed by atoms with Crippen LogP contribution in [0.25, 0.3) is 0 Å². The van der Waals surface area contributed by atoms with Crippen LogP contribution < -0.4 is 26.0 Å². The SMILES string of the molecule is C=CC(=O)Nc1cccc(N2C(C)=CCc3c2nc(Nc2ccc(N4CCN(C)CC4)c(F)c2)[nH]c3=O)c1. The van der Waals surface area contributed by atoms with Crippen LogP contribution in [0.15, 0.2) is 71.7 Å². The molecule has 196 valence electrons. The van der Waals surface area contributed by atoms with Crippen LogP contribution in [0.2, 0.25) is 0 Å². The van der Waals surface area contributed by atoms with Gasteiger partial charge in [0.1, 0.15) is 11.6 Å². The van der Waals surface area contributed by atoms with E-state index in [4.69, 9.17) is 4.98 Å². The minimum Gasteiger partial charge on any atom is -0.367 e. The molecule has 0 bridgehead atoms. The lowest BCUT2D eigenvalue weighted by Crippen LogP contribution is -2.44. The Kier molecular flexibility index (Phi) is 6.97. The standard InChI is InChI=1S/C28H30FN7O2/c1-4-25(37)30-19-6-5-7-21(16-19)36-18(2)8-10-22-26(36)32-28(33-27(22)38)31-20-9-11-24(23(29)17-20)35-14-12-34(3)13-15-35/h4-9,11,16-17H,1,10,12-15H2,2-3H3,(H,30,37)(H2,31,32,33,38). The summed E-state index contributed by atoms with van der Waals surface area (Å²) in [7, 11) is 2.06. The number of carbonyl (C=O) groups is 1. The van der Waals surface area contributed by atoms with Crippen LogP contribution in [-0.4, -0.2) is 54.0 Å². The van der Waals surface area contributed by atoms with Crippen molar-refractivity contribution in [3.8, 4) is 0 Å². The van der Waals surface area contributed by atoms with Gasteiger partial charge in [-0.15, -0.1) is 0 Å². The minimum absolute atomic E-state index is 0.205. The third-order valence-corrected chi connectivity index (χ3v) is 6.77. The van der Waals surface area contributed by atoms with Gasteiger partial charge in [0.2, 0.25) is 11.9 Å². The fraction of sp³-hybridized carbons (Fsp3) is 0.250. The Labute approximate surface area is 220 Å². The number of fused-ring (bicyclic) bond motifs is 1. The molecule has 0 atom stereocenters. The fourth-order valence-electron chi connectivity index (χ4n) is 4.69. The molecule has 2 aromatic carbocycles. The van der Waals surface area contributed by atoms with E-state index in [1.54, 1.807) is 24.3 Å². The molecule has 1 saturated heterocycles. The Morgan fingerprint density at radius 2 is 1.92 bits per heavy atom. The third kappa shape index (κ3) is 5.16. The molecule has 0 spiro atoms. The van der Waals surface area contributed by atoms with Gasteiger partial charge < -0.3 is 20.4 Å². The number of halogens is 1. The number of rotatable bonds is 6. The molecule has 3 aromatic rings. The number of piperazine rings is 1. The minimum atomic E-state index is -0.335. The number of aromatic nitrogens is 2. The van der Waals surface area contributed by atoms with Crippen LogP contribution in [0.1, 0.15) is 12.5 Å². The van der Waals surface area contributed by atoms with Crippen molar-refractivity contribution in [2.45, 2.75) is 13.3 Å². The van der Waals surface area contributed by atoms with E-state index in [-0.39, 0.29) is 23.2 Å². The van der Waals surface area contributed by atoms with E-state index >= 15 is 4.39 Å². The van der Waals surface area contributed by atoms with E-state index < -0.39 is 0 Å². The van der Waals surface area contributed by atoms with E-state index in [1.165, 1.54) is 12.1 Å². The zero-order valence-corrected chi connectivity index (χ0v) is 21.4. The number of hydrogen-bond donors (Lipinski definition) is 3. The highest BCUT2D eigenvalue weighted by Gasteiger charge is 2.25. The number of amides is 1. The van der Waals surface area contributed by atoms with E-state index in [9.17, 15) is 9.59 Å². The number of nitrogens with one attached hydrogen (secondary N) is 3. The van der Waals surface area contributed by atoms with Crippen LogP contribution in [-0.2, 0) is 11.2 Å². The Bertz CT molecular complexity index is 1470. The first-order valence-corrected chi connectivity index (χ1v) is 12.5. The normalized spacial score (nSPS) is 15.5. The third-order valence-electron chi connectivity index (χ3n) is 6.77. The van der Waals surface area contributed by atoms with Gasteiger partial charge in [0.15, 0.2) is 0 Å². The van der Waals surface area contributed by atoms with Crippen LogP contribution in [0.4, 0.5) is 38.9 Å². The molecular formula is C28H30FN7O2. The topological polar surface area (TPSA) is 96.6 Å². The molecular weight excluding hydrogens is 485 g/mol. The summed E-state index contributed by atoms with van der Waals surface area (Å²) in [5.74, 6) is 0.0216. The largest absolute Gasteiger partial charge is 0.367 e. The average molecular weight is 516 g/mol. The van der Waals surface area contributed by atoms with Crippen molar-refractivity contribution in [2.24, 2.45) is 0 Å². The molecule has 3 heterocycles. The molecule has 0 aliphatic carbocycles. The lowest BCUT2D eigenvalue weighted by atomic mass is 10.1. The Morgan fingerprint density at radius 3 is 2.66 bits per heavy atom. The monoisotopic (exact) mass is 515 g/mol. The van der Waals surface area contributed by atoms with Crippen LogP contribution in [0, 0.1) is 5.82 Å². The molecule has 3 N–H and O–H groups in total. The highest BCUT2D eigenvalue weighted by molar-refractivity contribution is 5.99. The first-order chi connectivity index (χ1) is 18.3. The number of nitrogens with zero attached hydrogens (tertiary/aromatic N) is 4. The quantitative estimate of drug-likeness (QED) is 0.425. The maximum atomic E-state index is 15.0. The van der Waals surface area contributed by atoms with E-state index in [1.807, 2.05) is 34.9 Å². The van der Waals surface area contributed by atoms with Gasteiger partial charge in [0.25, 0.3) is 5.56 Å². The molecule has 10 heteroatoms. The molecule has 2 aliphatic rings. The summed E-state index contributed by atoms with van der Waals surface area (Å²) in [4.78, 5) is 38.4. The van der Waals surface area contributed by atoms with Gasteiger partial charge in [-0.25, -0.2) is 4.39 Å². The number of carbonyl (C=O) groups excluding carboxylic acids is 1. The lowest BCUT2D eigenvalue weighted by Gasteiger charge is -2.34. The fourth-order valence-corrected chi connectivity index (χ4v) is 4.69. The average Bonchev–Trinajstić information content (AvgIpc) is 2.89. The van der Waals surface area contributed by atoms with Gasteiger partial charge in [0.05, 0.1) is 11.3 Å². The van der Waals surface area contributed by atoms with E-state index in [0.29, 0.717) is 34.9 Å². The predicted molar refractivity (Wildman–Crippen MR) is 149 cm³/mol. The smallest absolute Gasteiger partial charge is 0.257 e. The number of benzene rings is 2. The highest BCUT2D eigenvalue weighted by atomic mass is 19.1. The number of aromatic amines is 1. The zero-order chi connectivity index (χ0) is 26.8. The second kappa shape index (κ2) is 10.5. The second-order valence-corrected chi connectivity index (χ2v) is 9.43. The Balaban J connectivity index is 1.44. The number of anilines is 6. The molecule has 0 radical (unpaired) electrons. The summed E-state index contributed by atoms with van der Waals surface area (Å²) < 4.78 is 15.0. The summed E-state index contributed by atoms with van der Waals surface area (Å²) in [6, 6.07) is 12.2. The summed E-state index contributed by atoms with van der Waals surface area (Å²) >= 11 is 0. The predicted octanol–water partition coefficient (Wildman–Crippen LogP) is 4.13. The van der Waals surface area contributed by atoms with Crippen molar-refractivity contribution >= 4 is 40.4 Å². The molecule has 1 amide bonds. The Hall–Kier alpha value is -4.44. The molecule has 2 aliphatic heterocycles. The molecule has 1 fully saturated rings. The van der Waals surface area contributed by atoms with Crippen molar-refractivity contribution in [3.63, 3.8) is 0 Å². The van der Waals surface area contributed by atoms with Crippen LogP contribution in [0.5, 0.6) is 0 Å². The van der Waals surface area contributed by atoms with Crippen LogP contribution in [0.3, 0.4) is 0 Å². The van der Waals surface area contributed by atoms with Crippen molar-refractivity contribution < 1.29 is 9.18 Å². The molecule has 0 saturated carbocycles. The molecule has 0 unspecified atom stereocenters. The maximum absolute atomic E-state index is 15.0. The van der Waals surface area contributed by atoms with Crippen molar-refractivity contribution in [2.75, 3.05) is 53.7 Å². The second-order valence-electron chi connectivity index (χ2n) is 9.43. The highest BCUT2D eigenvalue weighted by Crippen LogP contribution is 2.35. The summed E-state index contributed by atoms with van der Waals surface area (Å²) in [6.45, 7) is 8.71. The first-order valence-electron chi connectivity index (χ1n) is 12.5. The van der Waals surface area contributed by atoms with Crippen LogP contribution >= 0.6 is 0 Å². The van der Waals surface area contributed by atoms with Gasteiger partial charge in [-0.1, -0.05) is 18.7 Å². The maximum Gasteiger partial charge on any atom is 0.257 e. The first kappa shape index (κ1) is 25.2. The zero-order valence-electron chi connectivity index (χ0n) is 21.4. The number of likely N-dealkylation sites (N-methyl/N-ethyl adjacent to an activating group) is 1. The summed E-state index contributed by atoms with van der Waals surface area (Å²) in [5.41, 5.74) is 3.48. The lowest BCUT2D eigenvalue weighted by molar-refractivity contribution is -0.111. The van der Waals surface area contributed by atoms with Crippen molar-refractivity contribution in [1.29, 1.82) is 0 Å². The van der Waals surface area contributed by atoms with Crippen molar-refractivity contribution in [3.05, 3.63) is 88.6 Å². The van der Waals surface area contributed by atoms with E-state index in [0.717, 1.165) is 37.6 Å². The van der Waals surface area contributed by atoms with E-state index in [2.05, 4.69) is 34.1 Å². The molecule has 1 aromatic heterocycles.